The molecular weight excluding hydrogens is 547 g/mol. The molecule has 0 fully saturated rings. The Morgan fingerprint density at radius 1 is 1.13 bits per heavy atom. The third-order valence-electron chi connectivity index (χ3n) is 5.87. The zero-order valence-corrected chi connectivity index (χ0v) is 22.8. The second-order valence-corrected chi connectivity index (χ2v) is 10.2. The number of aromatic nitrogens is 1. The smallest absolute Gasteiger partial charge is 0.338 e. The predicted molar refractivity (Wildman–Crippen MR) is 146 cm³/mol. The minimum Gasteiger partial charge on any atom is -0.484 e. The Morgan fingerprint density at radius 2 is 1.92 bits per heavy atom. The lowest BCUT2D eigenvalue weighted by Gasteiger charge is -2.24. The molecule has 0 unspecified atom stereocenters. The molecule has 1 aliphatic heterocycles. The molecule has 0 saturated carbocycles. The molecule has 38 heavy (non-hydrogen) atoms. The Hall–Kier alpha value is -3.59. The monoisotopic (exact) mass is 568 g/mol. The summed E-state index contributed by atoms with van der Waals surface area (Å²) in [6.07, 6.45) is 1.66. The third kappa shape index (κ3) is 5.07. The SMILES string of the molecule is CCOC(=O)C1=C(C)N=c2sc(=Cc3ccc(COc4cccc(Cl)c4Cl)o3)c(=O)n2[C@@H]1c1ccccc1. The van der Waals surface area contributed by atoms with E-state index < -0.39 is 12.0 Å². The van der Waals surface area contributed by atoms with Crippen LogP contribution in [-0.2, 0) is 16.1 Å². The molecule has 0 spiro atoms. The van der Waals surface area contributed by atoms with Crippen molar-refractivity contribution >= 4 is 46.6 Å². The van der Waals surface area contributed by atoms with Crippen molar-refractivity contribution in [1.29, 1.82) is 0 Å². The van der Waals surface area contributed by atoms with Gasteiger partial charge in [-0.3, -0.25) is 9.36 Å². The highest BCUT2D eigenvalue weighted by atomic mass is 35.5. The van der Waals surface area contributed by atoms with Gasteiger partial charge in [0, 0.05) is 6.08 Å². The molecule has 1 aliphatic rings. The van der Waals surface area contributed by atoms with E-state index in [-0.39, 0.29) is 18.8 Å². The van der Waals surface area contributed by atoms with Crippen LogP contribution in [0.25, 0.3) is 6.08 Å². The molecule has 7 nitrogen and oxygen atoms in total. The number of carbonyl (C=O) groups excluding carboxylic acids is 1. The van der Waals surface area contributed by atoms with E-state index in [2.05, 4.69) is 4.99 Å². The fourth-order valence-electron chi connectivity index (χ4n) is 4.17. The van der Waals surface area contributed by atoms with Crippen LogP contribution in [0.4, 0.5) is 0 Å². The number of allylic oxidation sites excluding steroid dienone is 1. The van der Waals surface area contributed by atoms with E-state index in [1.54, 1.807) is 54.8 Å². The first-order chi connectivity index (χ1) is 18.4. The van der Waals surface area contributed by atoms with Crippen molar-refractivity contribution in [3.05, 3.63) is 119 Å². The predicted octanol–water partition coefficient (Wildman–Crippen LogP) is 5.28. The Balaban J connectivity index is 1.50. The van der Waals surface area contributed by atoms with Crippen LogP contribution in [0.5, 0.6) is 5.75 Å². The Labute approximate surface area is 231 Å². The van der Waals surface area contributed by atoms with Gasteiger partial charge in [-0.15, -0.1) is 0 Å². The maximum Gasteiger partial charge on any atom is 0.338 e. The van der Waals surface area contributed by atoms with Crippen LogP contribution in [0.3, 0.4) is 0 Å². The number of fused-ring (bicyclic) bond motifs is 1. The topological polar surface area (TPSA) is 83.0 Å². The molecule has 0 N–H and O–H groups in total. The highest BCUT2D eigenvalue weighted by Crippen LogP contribution is 2.32. The lowest BCUT2D eigenvalue weighted by atomic mass is 9.96. The van der Waals surface area contributed by atoms with Crippen LogP contribution >= 0.6 is 34.5 Å². The summed E-state index contributed by atoms with van der Waals surface area (Å²) in [7, 11) is 0. The number of benzene rings is 2. The van der Waals surface area contributed by atoms with Gasteiger partial charge in [0.2, 0.25) is 0 Å². The number of furan rings is 1. The molecule has 0 bridgehead atoms. The standard InChI is InChI=1S/C28H22Cl2N2O5S/c1-3-35-27(34)23-16(2)31-28-32(25(23)17-8-5-4-6-9-17)26(33)22(38-28)14-18-12-13-19(37-18)15-36-21-11-7-10-20(29)24(21)30/h4-14,25H,3,15H2,1-2H3/t25-/m1/s1. The second kappa shape index (κ2) is 11.0. The van der Waals surface area contributed by atoms with Gasteiger partial charge in [-0.05, 0) is 43.7 Å². The molecule has 1 atom stereocenters. The molecule has 5 rings (SSSR count). The summed E-state index contributed by atoms with van der Waals surface area (Å²) >= 11 is 13.5. The Kier molecular flexibility index (Phi) is 7.56. The summed E-state index contributed by atoms with van der Waals surface area (Å²) in [4.78, 5) is 31.6. The molecule has 0 aliphatic carbocycles. The van der Waals surface area contributed by atoms with E-state index in [0.717, 1.165) is 5.56 Å². The minimum atomic E-state index is -0.656. The number of carbonyl (C=O) groups is 1. The van der Waals surface area contributed by atoms with Crippen LogP contribution in [0.1, 0.15) is 37.0 Å². The van der Waals surface area contributed by atoms with Crippen LogP contribution in [0.2, 0.25) is 10.0 Å². The third-order valence-corrected chi connectivity index (χ3v) is 7.66. The van der Waals surface area contributed by atoms with Crippen molar-refractivity contribution < 1.29 is 18.7 Å². The quantitative estimate of drug-likeness (QED) is 0.283. The summed E-state index contributed by atoms with van der Waals surface area (Å²) in [5.41, 5.74) is 1.36. The van der Waals surface area contributed by atoms with Gasteiger partial charge in [0.15, 0.2) is 4.80 Å². The summed E-state index contributed by atoms with van der Waals surface area (Å²) in [5.74, 6) is 0.970. The Bertz CT molecular complexity index is 1720. The van der Waals surface area contributed by atoms with Crippen LogP contribution in [0.15, 0.2) is 86.1 Å². The van der Waals surface area contributed by atoms with E-state index in [1.807, 2.05) is 30.3 Å². The zero-order valence-electron chi connectivity index (χ0n) is 20.4. The molecule has 4 aromatic rings. The average molecular weight is 569 g/mol. The Morgan fingerprint density at radius 3 is 2.68 bits per heavy atom. The van der Waals surface area contributed by atoms with Gasteiger partial charge in [0.25, 0.3) is 5.56 Å². The molecular formula is C28H22Cl2N2O5S. The summed E-state index contributed by atoms with van der Waals surface area (Å²) in [5, 5.41) is 0.724. The van der Waals surface area contributed by atoms with Crippen molar-refractivity contribution in [3.8, 4) is 5.75 Å². The normalized spacial score (nSPS) is 15.3. The summed E-state index contributed by atoms with van der Waals surface area (Å²) < 4.78 is 18.9. The van der Waals surface area contributed by atoms with Crippen LogP contribution in [0, 0.1) is 0 Å². The molecule has 2 aromatic heterocycles. The molecule has 0 radical (unpaired) electrons. The molecule has 3 heterocycles. The van der Waals surface area contributed by atoms with Crippen molar-refractivity contribution in [1.82, 2.24) is 4.57 Å². The molecule has 194 valence electrons. The largest absolute Gasteiger partial charge is 0.484 e. The van der Waals surface area contributed by atoms with Gasteiger partial charge in [-0.2, -0.15) is 0 Å². The number of rotatable bonds is 7. The van der Waals surface area contributed by atoms with Crippen molar-refractivity contribution in [2.45, 2.75) is 26.5 Å². The lowest BCUT2D eigenvalue weighted by molar-refractivity contribution is -0.139. The molecule has 10 heteroatoms. The zero-order chi connectivity index (χ0) is 26.8. The second-order valence-electron chi connectivity index (χ2n) is 8.36. The first-order valence-electron chi connectivity index (χ1n) is 11.8. The number of halogens is 2. The van der Waals surface area contributed by atoms with E-state index in [1.165, 1.54) is 11.3 Å². The van der Waals surface area contributed by atoms with E-state index in [4.69, 9.17) is 37.1 Å². The number of hydrogen-bond donors (Lipinski definition) is 0. The van der Waals surface area contributed by atoms with Crippen molar-refractivity contribution in [3.63, 3.8) is 0 Å². The van der Waals surface area contributed by atoms with E-state index >= 15 is 0 Å². The number of nitrogens with zero attached hydrogens (tertiary/aromatic N) is 2. The van der Waals surface area contributed by atoms with Crippen LogP contribution < -0.4 is 19.6 Å². The number of ether oxygens (including phenoxy) is 2. The number of esters is 1. The fourth-order valence-corrected chi connectivity index (χ4v) is 5.54. The molecule has 0 amide bonds. The first-order valence-corrected chi connectivity index (χ1v) is 13.3. The lowest BCUT2D eigenvalue weighted by Crippen LogP contribution is -2.39. The van der Waals surface area contributed by atoms with Crippen molar-refractivity contribution in [2.75, 3.05) is 6.61 Å². The van der Waals surface area contributed by atoms with Gasteiger partial charge in [-0.1, -0.05) is 70.9 Å². The number of hydrogen-bond acceptors (Lipinski definition) is 7. The van der Waals surface area contributed by atoms with Crippen LogP contribution in [-0.4, -0.2) is 17.1 Å². The number of thiazole rings is 1. The maximum absolute atomic E-state index is 13.6. The molecule has 2 aromatic carbocycles. The fraction of sp³-hybridized carbons (Fsp3) is 0.179. The highest BCUT2D eigenvalue weighted by Gasteiger charge is 2.33. The van der Waals surface area contributed by atoms with E-state index in [0.29, 0.717) is 47.9 Å². The van der Waals surface area contributed by atoms with Gasteiger partial charge in [0.1, 0.15) is 28.9 Å². The van der Waals surface area contributed by atoms with E-state index in [9.17, 15) is 9.59 Å². The minimum absolute atomic E-state index is 0.130. The first kappa shape index (κ1) is 26.0. The van der Waals surface area contributed by atoms with Crippen molar-refractivity contribution in [2.24, 2.45) is 4.99 Å². The molecule has 0 saturated heterocycles. The van der Waals surface area contributed by atoms with Gasteiger partial charge in [0.05, 0.1) is 33.5 Å². The van der Waals surface area contributed by atoms with Gasteiger partial charge >= 0.3 is 5.97 Å². The highest BCUT2D eigenvalue weighted by molar-refractivity contribution is 7.07. The van der Waals surface area contributed by atoms with Gasteiger partial charge < -0.3 is 13.9 Å². The summed E-state index contributed by atoms with van der Waals surface area (Å²) in [6.45, 7) is 3.85. The van der Waals surface area contributed by atoms with Gasteiger partial charge in [-0.25, -0.2) is 9.79 Å². The maximum atomic E-state index is 13.6. The summed E-state index contributed by atoms with van der Waals surface area (Å²) in [6, 6.07) is 17.4. The average Bonchev–Trinajstić information content (AvgIpc) is 3.48.